The number of fused-ring (bicyclic) bond motifs is 1. The molecule has 2 aromatic rings. The Morgan fingerprint density at radius 2 is 2.22 bits per heavy atom. The third-order valence-corrected chi connectivity index (χ3v) is 4.22. The van der Waals surface area contributed by atoms with Gasteiger partial charge in [0.05, 0.1) is 25.5 Å². The molecule has 0 radical (unpaired) electrons. The molecule has 23 heavy (non-hydrogen) atoms. The molecule has 0 saturated heterocycles. The van der Waals surface area contributed by atoms with Gasteiger partial charge in [-0.05, 0) is 53.8 Å². The molecule has 0 saturated carbocycles. The summed E-state index contributed by atoms with van der Waals surface area (Å²) in [6.07, 6.45) is 2.06. The standard InChI is InChI=1S/C19H18N2O2/c1-23-16-7-5-14-6-8-17(18(14)12-16)19(22)21-15-4-2-3-13(11-15)9-10-20/h2-5,7,11-12,17H,6,8-9H2,1H3,(H,21,22). The van der Waals surface area contributed by atoms with Crippen LogP contribution in [0.15, 0.2) is 42.5 Å². The second-order valence-electron chi connectivity index (χ2n) is 5.68. The zero-order valence-corrected chi connectivity index (χ0v) is 13.0. The van der Waals surface area contributed by atoms with E-state index >= 15 is 0 Å². The molecule has 1 N–H and O–H groups in total. The largest absolute Gasteiger partial charge is 0.497 e. The number of benzene rings is 2. The van der Waals surface area contributed by atoms with Crippen LogP contribution < -0.4 is 10.1 Å². The molecule has 0 fully saturated rings. The molecule has 4 nitrogen and oxygen atoms in total. The summed E-state index contributed by atoms with van der Waals surface area (Å²) in [5.41, 5.74) is 3.90. The lowest BCUT2D eigenvalue weighted by molar-refractivity contribution is -0.117. The van der Waals surface area contributed by atoms with Gasteiger partial charge in [-0.15, -0.1) is 0 Å². The van der Waals surface area contributed by atoms with E-state index in [1.165, 1.54) is 5.56 Å². The van der Waals surface area contributed by atoms with Gasteiger partial charge in [0.1, 0.15) is 5.75 Å². The highest BCUT2D eigenvalue weighted by atomic mass is 16.5. The summed E-state index contributed by atoms with van der Waals surface area (Å²) < 4.78 is 5.27. The van der Waals surface area contributed by atoms with Crippen LogP contribution in [0.5, 0.6) is 5.75 Å². The third-order valence-electron chi connectivity index (χ3n) is 4.22. The number of ether oxygens (including phenoxy) is 1. The van der Waals surface area contributed by atoms with Gasteiger partial charge in [0, 0.05) is 5.69 Å². The zero-order valence-electron chi connectivity index (χ0n) is 13.0. The van der Waals surface area contributed by atoms with Crippen molar-refractivity contribution in [3.05, 3.63) is 59.2 Å². The minimum Gasteiger partial charge on any atom is -0.497 e. The summed E-state index contributed by atoms with van der Waals surface area (Å²) in [6, 6.07) is 15.5. The highest BCUT2D eigenvalue weighted by Gasteiger charge is 2.29. The lowest BCUT2D eigenvalue weighted by Gasteiger charge is -2.13. The van der Waals surface area contributed by atoms with E-state index in [1.807, 2.05) is 42.5 Å². The van der Waals surface area contributed by atoms with Gasteiger partial charge < -0.3 is 10.1 Å². The Morgan fingerprint density at radius 1 is 1.35 bits per heavy atom. The second-order valence-corrected chi connectivity index (χ2v) is 5.68. The summed E-state index contributed by atoms with van der Waals surface area (Å²) in [7, 11) is 1.63. The quantitative estimate of drug-likeness (QED) is 0.941. The second kappa shape index (κ2) is 6.53. The molecule has 1 aliphatic rings. The van der Waals surface area contributed by atoms with Crippen LogP contribution in [0.2, 0.25) is 0 Å². The minimum absolute atomic E-state index is 0.00823. The van der Waals surface area contributed by atoms with E-state index in [9.17, 15) is 4.79 Å². The van der Waals surface area contributed by atoms with Crippen molar-refractivity contribution in [3.8, 4) is 11.8 Å². The molecule has 0 aliphatic heterocycles. The molecule has 1 aliphatic carbocycles. The minimum atomic E-state index is -0.153. The Hall–Kier alpha value is -2.80. The van der Waals surface area contributed by atoms with E-state index in [2.05, 4.69) is 11.4 Å². The van der Waals surface area contributed by atoms with Crippen molar-refractivity contribution in [1.82, 2.24) is 0 Å². The molecule has 1 amide bonds. The highest BCUT2D eigenvalue weighted by Crippen LogP contribution is 2.36. The average molecular weight is 306 g/mol. The number of rotatable bonds is 4. The van der Waals surface area contributed by atoms with Crippen LogP contribution in [0.1, 0.15) is 29.0 Å². The highest BCUT2D eigenvalue weighted by molar-refractivity contribution is 5.96. The SMILES string of the molecule is COc1ccc2c(c1)C(C(=O)Nc1cccc(CC#N)c1)CC2. The predicted molar refractivity (Wildman–Crippen MR) is 88.4 cm³/mol. The van der Waals surface area contributed by atoms with Crippen LogP contribution in [0, 0.1) is 11.3 Å². The summed E-state index contributed by atoms with van der Waals surface area (Å²) in [5.74, 6) is 0.616. The number of carbonyl (C=O) groups is 1. The number of methoxy groups -OCH3 is 1. The molecule has 4 heteroatoms. The first-order chi connectivity index (χ1) is 11.2. The summed E-state index contributed by atoms with van der Waals surface area (Å²) >= 11 is 0. The molecule has 3 rings (SSSR count). The van der Waals surface area contributed by atoms with Gasteiger partial charge in [0.15, 0.2) is 0 Å². The number of hydrogen-bond acceptors (Lipinski definition) is 3. The van der Waals surface area contributed by atoms with Gasteiger partial charge in [-0.2, -0.15) is 5.26 Å². The normalized spacial score (nSPS) is 15.6. The van der Waals surface area contributed by atoms with Crippen molar-refractivity contribution in [2.75, 3.05) is 12.4 Å². The fourth-order valence-electron chi connectivity index (χ4n) is 3.06. The van der Waals surface area contributed by atoms with E-state index in [0.717, 1.165) is 35.4 Å². The number of nitrogens with zero attached hydrogens (tertiary/aromatic N) is 1. The van der Waals surface area contributed by atoms with E-state index in [4.69, 9.17) is 10.00 Å². The maximum Gasteiger partial charge on any atom is 0.231 e. The lowest BCUT2D eigenvalue weighted by atomic mass is 10.00. The maximum absolute atomic E-state index is 12.6. The monoisotopic (exact) mass is 306 g/mol. The van der Waals surface area contributed by atoms with Gasteiger partial charge in [-0.25, -0.2) is 0 Å². The average Bonchev–Trinajstić information content (AvgIpc) is 2.98. The Kier molecular flexibility index (Phi) is 4.29. The topological polar surface area (TPSA) is 62.1 Å². The Morgan fingerprint density at radius 3 is 3.00 bits per heavy atom. The Bertz CT molecular complexity index is 777. The molecular weight excluding hydrogens is 288 g/mol. The molecular formula is C19H18N2O2. The first kappa shape index (κ1) is 15.1. The van der Waals surface area contributed by atoms with Gasteiger partial charge in [-0.1, -0.05) is 18.2 Å². The fraction of sp³-hybridized carbons (Fsp3) is 0.263. The molecule has 2 aromatic carbocycles. The Balaban J connectivity index is 1.78. The van der Waals surface area contributed by atoms with Crippen LogP contribution in [0.3, 0.4) is 0 Å². The van der Waals surface area contributed by atoms with Gasteiger partial charge in [0.2, 0.25) is 5.91 Å². The first-order valence-electron chi connectivity index (χ1n) is 7.65. The fourth-order valence-corrected chi connectivity index (χ4v) is 3.06. The van der Waals surface area contributed by atoms with Crippen molar-refractivity contribution in [3.63, 3.8) is 0 Å². The summed E-state index contributed by atoms with van der Waals surface area (Å²) in [5, 5.41) is 11.7. The zero-order chi connectivity index (χ0) is 16.2. The molecule has 0 bridgehead atoms. The maximum atomic E-state index is 12.6. The molecule has 0 heterocycles. The summed E-state index contributed by atoms with van der Waals surface area (Å²) in [4.78, 5) is 12.6. The van der Waals surface area contributed by atoms with Crippen LogP contribution in [-0.4, -0.2) is 13.0 Å². The van der Waals surface area contributed by atoms with Gasteiger partial charge in [-0.3, -0.25) is 4.79 Å². The molecule has 116 valence electrons. The van der Waals surface area contributed by atoms with Crippen molar-refractivity contribution >= 4 is 11.6 Å². The number of hydrogen-bond donors (Lipinski definition) is 1. The number of aryl methyl sites for hydroxylation is 1. The molecule has 0 spiro atoms. The number of anilines is 1. The van der Waals surface area contributed by atoms with Gasteiger partial charge >= 0.3 is 0 Å². The number of nitrogens with one attached hydrogen (secondary N) is 1. The van der Waals surface area contributed by atoms with Gasteiger partial charge in [0.25, 0.3) is 0 Å². The van der Waals surface area contributed by atoms with E-state index in [1.54, 1.807) is 7.11 Å². The van der Waals surface area contributed by atoms with Crippen molar-refractivity contribution in [2.45, 2.75) is 25.2 Å². The van der Waals surface area contributed by atoms with Crippen molar-refractivity contribution < 1.29 is 9.53 Å². The number of carbonyl (C=O) groups excluding carboxylic acids is 1. The van der Waals surface area contributed by atoms with E-state index in [-0.39, 0.29) is 11.8 Å². The van der Waals surface area contributed by atoms with Crippen LogP contribution in [0.25, 0.3) is 0 Å². The van der Waals surface area contributed by atoms with Crippen molar-refractivity contribution in [1.29, 1.82) is 5.26 Å². The predicted octanol–water partition coefficient (Wildman–Crippen LogP) is 3.43. The number of amides is 1. The number of nitriles is 1. The smallest absolute Gasteiger partial charge is 0.231 e. The molecule has 0 aromatic heterocycles. The van der Waals surface area contributed by atoms with Crippen LogP contribution in [0.4, 0.5) is 5.69 Å². The Labute approximate surface area is 135 Å². The molecule has 1 unspecified atom stereocenters. The third kappa shape index (κ3) is 3.19. The van der Waals surface area contributed by atoms with E-state index in [0.29, 0.717) is 6.42 Å². The van der Waals surface area contributed by atoms with Crippen LogP contribution in [-0.2, 0) is 17.6 Å². The first-order valence-corrected chi connectivity index (χ1v) is 7.65. The lowest BCUT2D eigenvalue weighted by Crippen LogP contribution is -2.19. The summed E-state index contributed by atoms with van der Waals surface area (Å²) in [6.45, 7) is 0. The van der Waals surface area contributed by atoms with Crippen molar-refractivity contribution in [2.24, 2.45) is 0 Å². The van der Waals surface area contributed by atoms with E-state index < -0.39 is 0 Å². The molecule has 1 atom stereocenters. The van der Waals surface area contributed by atoms with Crippen LogP contribution >= 0.6 is 0 Å².